The lowest BCUT2D eigenvalue weighted by atomic mass is 10.1. The van der Waals surface area contributed by atoms with Gasteiger partial charge in [-0.1, -0.05) is 23.7 Å². The summed E-state index contributed by atoms with van der Waals surface area (Å²) in [7, 11) is 0. The molecule has 2 aromatic rings. The van der Waals surface area contributed by atoms with Crippen molar-refractivity contribution in [2.45, 2.75) is 18.9 Å². The van der Waals surface area contributed by atoms with Crippen LogP contribution in [0.25, 0.3) is 0 Å². The average Bonchev–Trinajstić information content (AvgIpc) is 2.74. The third kappa shape index (κ3) is 3.30. The number of hydrogen-bond acceptors (Lipinski definition) is 3. The Morgan fingerprint density at radius 3 is 2.62 bits per heavy atom. The molecule has 1 atom stereocenters. The number of aliphatic hydroxyl groups is 1. The SMILES string of the molecule is OC(Cc1ccc(Cl)cc1)Cc1cncs1. The van der Waals surface area contributed by atoms with Gasteiger partial charge in [0.1, 0.15) is 0 Å². The van der Waals surface area contributed by atoms with Gasteiger partial charge in [-0.15, -0.1) is 11.3 Å². The predicted octanol–water partition coefficient (Wildman–Crippen LogP) is 2.94. The van der Waals surface area contributed by atoms with E-state index in [0.29, 0.717) is 12.8 Å². The molecule has 0 spiro atoms. The van der Waals surface area contributed by atoms with Crippen molar-refractivity contribution in [3.63, 3.8) is 0 Å². The Morgan fingerprint density at radius 2 is 2.00 bits per heavy atom. The van der Waals surface area contributed by atoms with E-state index >= 15 is 0 Å². The smallest absolute Gasteiger partial charge is 0.0794 e. The fourth-order valence-corrected chi connectivity index (χ4v) is 2.33. The summed E-state index contributed by atoms with van der Waals surface area (Å²) >= 11 is 7.37. The summed E-state index contributed by atoms with van der Waals surface area (Å²) in [6.45, 7) is 0. The molecule has 84 valence electrons. The van der Waals surface area contributed by atoms with Crippen LogP contribution in [0, 0.1) is 0 Å². The van der Waals surface area contributed by atoms with Crippen LogP contribution >= 0.6 is 22.9 Å². The molecule has 2 nitrogen and oxygen atoms in total. The van der Waals surface area contributed by atoms with Crippen molar-refractivity contribution in [3.05, 3.63) is 51.4 Å². The molecule has 1 aromatic heterocycles. The van der Waals surface area contributed by atoms with Crippen LogP contribution in [0.5, 0.6) is 0 Å². The Bertz CT molecular complexity index is 427. The maximum absolute atomic E-state index is 9.89. The first-order chi connectivity index (χ1) is 7.74. The van der Waals surface area contributed by atoms with Crippen LogP contribution < -0.4 is 0 Å². The highest BCUT2D eigenvalue weighted by atomic mass is 35.5. The molecule has 4 heteroatoms. The van der Waals surface area contributed by atoms with Gasteiger partial charge in [0.25, 0.3) is 0 Å². The first kappa shape index (κ1) is 11.6. The highest BCUT2D eigenvalue weighted by molar-refractivity contribution is 7.09. The van der Waals surface area contributed by atoms with Gasteiger partial charge in [-0.25, -0.2) is 0 Å². The number of rotatable bonds is 4. The number of hydrogen-bond donors (Lipinski definition) is 1. The monoisotopic (exact) mass is 253 g/mol. The molecular formula is C12H12ClNOS. The lowest BCUT2D eigenvalue weighted by molar-refractivity contribution is 0.176. The van der Waals surface area contributed by atoms with Gasteiger partial charge in [0, 0.05) is 22.5 Å². The lowest BCUT2D eigenvalue weighted by Crippen LogP contribution is -2.13. The zero-order chi connectivity index (χ0) is 11.4. The summed E-state index contributed by atoms with van der Waals surface area (Å²) < 4.78 is 0. The number of benzene rings is 1. The minimum Gasteiger partial charge on any atom is -0.392 e. The van der Waals surface area contributed by atoms with E-state index in [-0.39, 0.29) is 6.10 Å². The number of aliphatic hydroxyl groups excluding tert-OH is 1. The molecule has 0 radical (unpaired) electrons. The highest BCUT2D eigenvalue weighted by Gasteiger charge is 2.07. The van der Waals surface area contributed by atoms with Gasteiger partial charge in [0.05, 0.1) is 11.6 Å². The third-order valence-electron chi connectivity index (χ3n) is 2.30. The molecule has 1 unspecified atom stereocenters. The minimum atomic E-state index is -0.360. The third-order valence-corrected chi connectivity index (χ3v) is 3.36. The molecule has 0 bridgehead atoms. The zero-order valence-electron chi connectivity index (χ0n) is 8.64. The Balaban J connectivity index is 1.92. The summed E-state index contributed by atoms with van der Waals surface area (Å²) in [4.78, 5) is 5.10. The van der Waals surface area contributed by atoms with Crippen LogP contribution in [0.3, 0.4) is 0 Å². The van der Waals surface area contributed by atoms with E-state index in [4.69, 9.17) is 11.6 Å². The van der Waals surface area contributed by atoms with Crippen molar-refractivity contribution < 1.29 is 5.11 Å². The van der Waals surface area contributed by atoms with E-state index in [2.05, 4.69) is 4.98 Å². The fourth-order valence-electron chi connectivity index (χ4n) is 1.54. The van der Waals surface area contributed by atoms with Gasteiger partial charge in [-0.05, 0) is 24.1 Å². The second kappa shape index (κ2) is 5.43. The van der Waals surface area contributed by atoms with E-state index in [1.807, 2.05) is 24.3 Å². The minimum absolute atomic E-state index is 0.360. The van der Waals surface area contributed by atoms with Crippen molar-refractivity contribution in [2.24, 2.45) is 0 Å². The van der Waals surface area contributed by atoms with E-state index < -0.39 is 0 Å². The number of thiazole rings is 1. The number of aromatic nitrogens is 1. The predicted molar refractivity (Wildman–Crippen MR) is 67.0 cm³/mol. The first-order valence-corrected chi connectivity index (χ1v) is 6.29. The Labute approximate surface area is 104 Å². The van der Waals surface area contributed by atoms with Crippen molar-refractivity contribution in [3.8, 4) is 0 Å². The number of nitrogens with zero attached hydrogens (tertiary/aromatic N) is 1. The van der Waals surface area contributed by atoms with Crippen LogP contribution in [0.15, 0.2) is 36.0 Å². The normalized spacial score (nSPS) is 12.6. The fraction of sp³-hybridized carbons (Fsp3) is 0.250. The summed E-state index contributed by atoms with van der Waals surface area (Å²) in [5, 5.41) is 10.6. The molecule has 1 aromatic carbocycles. The zero-order valence-corrected chi connectivity index (χ0v) is 10.2. The van der Waals surface area contributed by atoms with Gasteiger partial charge in [-0.2, -0.15) is 0 Å². The first-order valence-electron chi connectivity index (χ1n) is 5.04. The van der Waals surface area contributed by atoms with Crippen molar-refractivity contribution in [2.75, 3.05) is 0 Å². The summed E-state index contributed by atoms with van der Waals surface area (Å²) in [5.41, 5.74) is 2.88. The topological polar surface area (TPSA) is 33.1 Å². The van der Waals surface area contributed by atoms with E-state index in [1.165, 1.54) is 0 Å². The number of halogens is 1. The van der Waals surface area contributed by atoms with Crippen molar-refractivity contribution in [1.29, 1.82) is 0 Å². The van der Waals surface area contributed by atoms with Crippen molar-refractivity contribution in [1.82, 2.24) is 4.98 Å². The average molecular weight is 254 g/mol. The molecule has 1 heterocycles. The largest absolute Gasteiger partial charge is 0.392 e. The van der Waals surface area contributed by atoms with E-state index in [0.717, 1.165) is 15.5 Å². The van der Waals surface area contributed by atoms with Crippen LogP contribution in [0.4, 0.5) is 0 Å². The Hall–Kier alpha value is -0.900. The van der Waals surface area contributed by atoms with Gasteiger partial charge in [0.2, 0.25) is 0 Å². The standard InChI is InChI=1S/C12H12ClNOS/c13-10-3-1-9(2-4-10)5-11(15)6-12-7-14-8-16-12/h1-4,7-8,11,15H,5-6H2. The molecule has 0 aliphatic carbocycles. The van der Waals surface area contributed by atoms with Crippen LogP contribution in [-0.2, 0) is 12.8 Å². The van der Waals surface area contributed by atoms with Crippen LogP contribution in [0.1, 0.15) is 10.4 Å². The second-order valence-corrected chi connectivity index (χ2v) is 5.06. The molecular weight excluding hydrogens is 242 g/mol. The van der Waals surface area contributed by atoms with Gasteiger partial charge in [-0.3, -0.25) is 4.98 Å². The van der Waals surface area contributed by atoms with Gasteiger partial charge in [0.15, 0.2) is 0 Å². The Morgan fingerprint density at radius 1 is 1.25 bits per heavy atom. The second-order valence-electron chi connectivity index (χ2n) is 3.66. The van der Waals surface area contributed by atoms with Crippen molar-refractivity contribution >= 4 is 22.9 Å². The summed E-state index contributed by atoms with van der Waals surface area (Å²) in [5.74, 6) is 0. The Kier molecular flexibility index (Phi) is 3.93. The molecule has 0 amide bonds. The molecule has 0 aliphatic heterocycles. The molecule has 0 aliphatic rings. The molecule has 2 rings (SSSR count). The molecule has 0 saturated carbocycles. The maximum Gasteiger partial charge on any atom is 0.0794 e. The van der Waals surface area contributed by atoms with Gasteiger partial charge >= 0.3 is 0 Å². The van der Waals surface area contributed by atoms with Crippen LogP contribution in [0.2, 0.25) is 5.02 Å². The summed E-state index contributed by atoms with van der Waals surface area (Å²) in [6, 6.07) is 7.57. The lowest BCUT2D eigenvalue weighted by Gasteiger charge is -2.08. The molecule has 0 saturated heterocycles. The maximum atomic E-state index is 9.89. The van der Waals surface area contributed by atoms with Crippen LogP contribution in [-0.4, -0.2) is 16.2 Å². The summed E-state index contributed by atoms with van der Waals surface area (Å²) in [6.07, 6.45) is 2.75. The van der Waals surface area contributed by atoms with E-state index in [9.17, 15) is 5.11 Å². The quantitative estimate of drug-likeness (QED) is 0.909. The van der Waals surface area contributed by atoms with E-state index in [1.54, 1.807) is 23.0 Å². The van der Waals surface area contributed by atoms with Gasteiger partial charge < -0.3 is 5.11 Å². The molecule has 16 heavy (non-hydrogen) atoms. The molecule has 0 fully saturated rings. The highest BCUT2D eigenvalue weighted by Crippen LogP contribution is 2.14. The molecule has 1 N–H and O–H groups in total.